The summed E-state index contributed by atoms with van der Waals surface area (Å²) in [5.41, 5.74) is 5.32. The van der Waals surface area contributed by atoms with E-state index in [4.69, 9.17) is 38.9 Å². The van der Waals surface area contributed by atoms with Crippen molar-refractivity contribution < 1.29 is 38.0 Å². The number of carbonyl (C=O) groups is 1. The van der Waals surface area contributed by atoms with Crippen LogP contribution in [0.25, 0.3) is 0 Å². The van der Waals surface area contributed by atoms with Crippen molar-refractivity contribution in [3.63, 3.8) is 0 Å². The maximum atomic E-state index is 11.8. The van der Waals surface area contributed by atoms with Crippen molar-refractivity contribution >= 4 is 6.09 Å². The van der Waals surface area contributed by atoms with Crippen LogP contribution in [-0.4, -0.2) is 105 Å². The highest BCUT2D eigenvalue weighted by molar-refractivity contribution is 5.67. The molecule has 0 spiro atoms. The lowest BCUT2D eigenvalue weighted by molar-refractivity contribution is -0.0162. The molecule has 1 fully saturated rings. The molecular formula is C25H44N2O8. The zero-order chi connectivity index (χ0) is 24.8. The Morgan fingerprint density at radius 1 is 0.686 bits per heavy atom. The number of fused-ring (bicyclic) bond motifs is 1. The van der Waals surface area contributed by atoms with E-state index in [1.54, 1.807) is 0 Å². The molecule has 3 N–H and O–H groups in total. The highest BCUT2D eigenvalue weighted by Crippen LogP contribution is 2.52. The summed E-state index contributed by atoms with van der Waals surface area (Å²) in [6.07, 6.45) is 3.83. The van der Waals surface area contributed by atoms with Gasteiger partial charge in [-0.2, -0.15) is 0 Å². The molecule has 0 aliphatic heterocycles. The third-order valence-corrected chi connectivity index (χ3v) is 5.88. The Bertz CT molecular complexity index is 580. The smallest absolute Gasteiger partial charge is 0.407 e. The fourth-order valence-corrected chi connectivity index (χ4v) is 4.02. The van der Waals surface area contributed by atoms with Crippen molar-refractivity contribution in [1.29, 1.82) is 0 Å². The van der Waals surface area contributed by atoms with Crippen LogP contribution in [0, 0.1) is 29.6 Å². The lowest BCUT2D eigenvalue weighted by Gasteiger charge is -2.09. The van der Waals surface area contributed by atoms with Crippen LogP contribution in [0.5, 0.6) is 0 Å². The maximum absolute atomic E-state index is 11.8. The minimum atomic E-state index is -0.373. The Balaban J connectivity index is 1.23. The normalized spacial score (nSPS) is 20.8. The van der Waals surface area contributed by atoms with Crippen molar-refractivity contribution in [2.24, 2.45) is 23.5 Å². The molecule has 2 aliphatic carbocycles. The summed E-state index contributed by atoms with van der Waals surface area (Å²) in [6, 6.07) is 0. The Morgan fingerprint density at radius 2 is 1.11 bits per heavy atom. The van der Waals surface area contributed by atoms with Gasteiger partial charge in [0.25, 0.3) is 0 Å². The zero-order valence-corrected chi connectivity index (χ0v) is 21.0. The summed E-state index contributed by atoms with van der Waals surface area (Å²) in [6.45, 7) is 7.54. The first-order valence-corrected chi connectivity index (χ1v) is 12.9. The van der Waals surface area contributed by atoms with Crippen molar-refractivity contribution in [2.45, 2.75) is 25.7 Å². The molecule has 0 bridgehead atoms. The topological polar surface area (TPSA) is 120 Å². The molecule has 0 radical (unpaired) electrons. The van der Waals surface area contributed by atoms with E-state index < -0.39 is 0 Å². The fraction of sp³-hybridized carbons (Fsp3) is 0.880. The Kier molecular flexibility index (Phi) is 17.6. The molecule has 3 atom stereocenters. The summed E-state index contributed by atoms with van der Waals surface area (Å²) in [4.78, 5) is 11.8. The van der Waals surface area contributed by atoms with Gasteiger partial charge in [0.2, 0.25) is 0 Å². The number of hydrogen-bond donors (Lipinski definition) is 2. The SMILES string of the molecule is NCCOCCOCCOCCOCCOCCOCCNC(=O)OCC1[C@H]2CCC#CCC[C@@H]12. The molecular weight excluding hydrogens is 456 g/mol. The Hall–Kier alpha value is -1.45. The van der Waals surface area contributed by atoms with E-state index in [0.29, 0.717) is 117 Å². The van der Waals surface area contributed by atoms with Gasteiger partial charge in [0.1, 0.15) is 0 Å². The van der Waals surface area contributed by atoms with Crippen LogP contribution >= 0.6 is 0 Å². The molecule has 0 aromatic carbocycles. The van der Waals surface area contributed by atoms with Crippen LogP contribution in [0.4, 0.5) is 4.79 Å². The highest BCUT2D eigenvalue weighted by Gasteiger charge is 2.49. The van der Waals surface area contributed by atoms with E-state index in [2.05, 4.69) is 17.2 Å². The van der Waals surface area contributed by atoms with E-state index in [1.165, 1.54) is 0 Å². The van der Waals surface area contributed by atoms with Gasteiger partial charge in [-0.3, -0.25) is 0 Å². The van der Waals surface area contributed by atoms with Gasteiger partial charge in [0, 0.05) is 25.9 Å². The lowest BCUT2D eigenvalue weighted by atomic mass is 10.1. The largest absolute Gasteiger partial charge is 0.449 e. The van der Waals surface area contributed by atoms with Gasteiger partial charge in [0.05, 0.1) is 85.9 Å². The average molecular weight is 501 g/mol. The number of nitrogens with two attached hydrogens (primary N) is 1. The van der Waals surface area contributed by atoms with Crippen LogP contribution in [-0.2, 0) is 33.2 Å². The molecule has 0 saturated heterocycles. The van der Waals surface area contributed by atoms with Gasteiger partial charge in [-0.1, -0.05) is 0 Å². The highest BCUT2D eigenvalue weighted by atomic mass is 16.6. The maximum Gasteiger partial charge on any atom is 0.407 e. The van der Waals surface area contributed by atoms with Gasteiger partial charge >= 0.3 is 6.09 Å². The van der Waals surface area contributed by atoms with Gasteiger partial charge in [-0.05, 0) is 30.6 Å². The van der Waals surface area contributed by atoms with Crippen LogP contribution in [0.1, 0.15) is 25.7 Å². The predicted octanol–water partition coefficient (Wildman–Crippen LogP) is 1.21. The number of nitrogens with one attached hydrogen (secondary N) is 1. The standard InChI is InChI=1S/C25H44N2O8/c26-7-9-29-11-13-31-15-17-33-19-20-34-18-16-32-14-12-30-10-8-27-25(28)35-21-24-22-5-3-1-2-4-6-23(22)24/h22-24H,3-21,26H2,(H,27,28)/t22-,23+,24?. The van der Waals surface area contributed by atoms with Gasteiger partial charge in [-0.15, -0.1) is 11.8 Å². The number of rotatable bonds is 22. The van der Waals surface area contributed by atoms with Crippen molar-refractivity contribution in [1.82, 2.24) is 5.32 Å². The summed E-state index contributed by atoms with van der Waals surface area (Å²) in [5.74, 6) is 8.26. The van der Waals surface area contributed by atoms with Crippen molar-refractivity contribution in [2.75, 3.05) is 99.0 Å². The summed E-state index contributed by atoms with van der Waals surface area (Å²) in [7, 11) is 0. The molecule has 1 unspecified atom stereocenters. The first-order valence-electron chi connectivity index (χ1n) is 12.9. The molecule has 35 heavy (non-hydrogen) atoms. The van der Waals surface area contributed by atoms with Gasteiger partial charge in [0.15, 0.2) is 0 Å². The van der Waals surface area contributed by atoms with Crippen molar-refractivity contribution in [3.05, 3.63) is 0 Å². The minimum Gasteiger partial charge on any atom is -0.449 e. The third-order valence-electron chi connectivity index (χ3n) is 5.88. The zero-order valence-electron chi connectivity index (χ0n) is 21.0. The van der Waals surface area contributed by atoms with E-state index in [0.717, 1.165) is 25.7 Å². The molecule has 2 aliphatic rings. The predicted molar refractivity (Wildman–Crippen MR) is 130 cm³/mol. The van der Waals surface area contributed by atoms with E-state index in [9.17, 15) is 4.79 Å². The number of hydrogen-bond acceptors (Lipinski definition) is 9. The van der Waals surface area contributed by atoms with Gasteiger partial charge < -0.3 is 44.2 Å². The second-order valence-electron chi connectivity index (χ2n) is 8.41. The number of carbonyl (C=O) groups excluding carboxylic acids is 1. The molecule has 0 aromatic rings. The second kappa shape index (κ2) is 20.7. The first kappa shape index (κ1) is 29.8. The van der Waals surface area contributed by atoms with Crippen LogP contribution in [0.2, 0.25) is 0 Å². The van der Waals surface area contributed by atoms with Crippen molar-refractivity contribution in [3.8, 4) is 11.8 Å². The third kappa shape index (κ3) is 15.3. The molecule has 0 aromatic heterocycles. The number of alkyl carbamates (subject to hydrolysis) is 1. The van der Waals surface area contributed by atoms with Crippen LogP contribution in [0.15, 0.2) is 0 Å². The lowest BCUT2D eigenvalue weighted by Crippen LogP contribution is -2.29. The molecule has 202 valence electrons. The molecule has 1 amide bonds. The number of ether oxygens (including phenoxy) is 7. The van der Waals surface area contributed by atoms with Crippen LogP contribution < -0.4 is 11.1 Å². The monoisotopic (exact) mass is 500 g/mol. The Labute approximate surface area is 209 Å². The molecule has 10 heteroatoms. The molecule has 0 heterocycles. The van der Waals surface area contributed by atoms with E-state index >= 15 is 0 Å². The second-order valence-corrected chi connectivity index (χ2v) is 8.41. The Morgan fingerprint density at radius 3 is 1.57 bits per heavy atom. The quantitative estimate of drug-likeness (QED) is 0.167. The molecule has 1 saturated carbocycles. The minimum absolute atomic E-state index is 0.373. The van der Waals surface area contributed by atoms with Crippen LogP contribution in [0.3, 0.4) is 0 Å². The number of amides is 1. The summed E-state index contributed by atoms with van der Waals surface area (Å²) >= 11 is 0. The average Bonchev–Trinajstić information content (AvgIpc) is 3.50. The fourth-order valence-electron chi connectivity index (χ4n) is 4.02. The van der Waals surface area contributed by atoms with E-state index in [1.807, 2.05) is 0 Å². The molecule has 2 rings (SSSR count). The van der Waals surface area contributed by atoms with Gasteiger partial charge in [-0.25, -0.2) is 4.79 Å². The first-order chi connectivity index (χ1) is 17.3. The summed E-state index contributed by atoms with van der Waals surface area (Å²) in [5, 5.41) is 2.73. The van der Waals surface area contributed by atoms with E-state index in [-0.39, 0.29) is 6.09 Å². The molecule has 10 nitrogen and oxygen atoms in total. The summed E-state index contributed by atoms with van der Waals surface area (Å²) < 4.78 is 37.7.